The first-order valence-corrected chi connectivity index (χ1v) is 7.58. The molecule has 0 bridgehead atoms. The molecule has 0 aliphatic carbocycles. The number of nitrogens with one attached hydrogen (secondary N) is 1. The van der Waals surface area contributed by atoms with Crippen molar-refractivity contribution in [3.63, 3.8) is 0 Å². The van der Waals surface area contributed by atoms with Crippen molar-refractivity contribution in [3.05, 3.63) is 0 Å². The molecule has 0 unspecified atom stereocenters. The monoisotopic (exact) mass is 312 g/mol. The van der Waals surface area contributed by atoms with Gasteiger partial charge in [0, 0.05) is 13.1 Å². The lowest BCUT2D eigenvalue weighted by Gasteiger charge is -2.34. The van der Waals surface area contributed by atoms with Crippen molar-refractivity contribution in [1.29, 1.82) is 0 Å². The summed E-state index contributed by atoms with van der Waals surface area (Å²) in [7, 11) is -4.02. The van der Waals surface area contributed by atoms with Gasteiger partial charge in [0.1, 0.15) is 5.54 Å². The zero-order valence-corrected chi connectivity index (χ0v) is 11.7. The van der Waals surface area contributed by atoms with Crippen molar-refractivity contribution >= 4 is 16.2 Å². The molecule has 1 fully saturated rings. The summed E-state index contributed by atoms with van der Waals surface area (Å²) < 4.78 is 27.3. The maximum absolute atomic E-state index is 12.1. The van der Waals surface area contributed by atoms with Crippen LogP contribution >= 0.6 is 0 Å². The van der Waals surface area contributed by atoms with Crippen molar-refractivity contribution in [1.82, 2.24) is 9.03 Å². The number of piperidine rings is 1. The zero-order valence-electron chi connectivity index (χ0n) is 10.9. The quantitative estimate of drug-likeness (QED) is 0.344. The van der Waals surface area contributed by atoms with E-state index in [0.717, 1.165) is 4.31 Å². The first kappa shape index (κ1) is 17.3. The number of aliphatic hydroxyl groups excluding tert-OH is 3. The maximum Gasteiger partial charge on any atom is 0.306 e. The lowest BCUT2D eigenvalue weighted by atomic mass is 9.99. The number of carboxylic acids is 1. The number of rotatable bonds is 7. The fourth-order valence-electron chi connectivity index (χ4n) is 1.93. The molecule has 9 nitrogen and oxygen atoms in total. The van der Waals surface area contributed by atoms with Crippen molar-refractivity contribution in [2.75, 3.05) is 32.9 Å². The second-order valence-electron chi connectivity index (χ2n) is 4.87. The largest absolute Gasteiger partial charge is 0.481 e. The van der Waals surface area contributed by atoms with Gasteiger partial charge in [-0.15, -0.1) is 0 Å². The van der Waals surface area contributed by atoms with Crippen LogP contribution in [0.4, 0.5) is 0 Å². The Kier molecular flexibility index (Phi) is 5.86. The molecule has 0 saturated carbocycles. The van der Waals surface area contributed by atoms with Crippen LogP contribution in [0.1, 0.15) is 12.8 Å². The Balaban J connectivity index is 2.73. The van der Waals surface area contributed by atoms with Gasteiger partial charge < -0.3 is 20.4 Å². The Morgan fingerprint density at radius 3 is 1.95 bits per heavy atom. The maximum atomic E-state index is 12.1. The predicted octanol–water partition coefficient (Wildman–Crippen LogP) is -2.67. The molecule has 1 aliphatic heterocycles. The highest BCUT2D eigenvalue weighted by Gasteiger charge is 2.38. The van der Waals surface area contributed by atoms with Crippen LogP contribution in [0.3, 0.4) is 0 Å². The fraction of sp³-hybridized carbons (Fsp3) is 0.900. The summed E-state index contributed by atoms with van der Waals surface area (Å²) in [5, 5.41) is 36.2. The third kappa shape index (κ3) is 3.87. The van der Waals surface area contributed by atoms with Gasteiger partial charge in [0.15, 0.2) is 0 Å². The third-order valence-electron chi connectivity index (χ3n) is 3.40. The van der Waals surface area contributed by atoms with Gasteiger partial charge >= 0.3 is 5.97 Å². The van der Waals surface area contributed by atoms with E-state index in [2.05, 4.69) is 4.72 Å². The van der Waals surface area contributed by atoms with E-state index >= 15 is 0 Å². The van der Waals surface area contributed by atoms with Gasteiger partial charge in [-0.05, 0) is 12.8 Å². The summed E-state index contributed by atoms with van der Waals surface area (Å²) in [6.07, 6.45) is 0.390. The molecule has 1 aliphatic rings. The van der Waals surface area contributed by atoms with Gasteiger partial charge in [-0.25, -0.2) is 0 Å². The molecule has 20 heavy (non-hydrogen) atoms. The minimum absolute atomic E-state index is 0.0324. The average Bonchev–Trinajstić information content (AvgIpc) is 2.45. The van der Waals surface area contributed by atoms with E-state index in [1.54, 1.807) is 0 Å². The standard InChI is InChI=1S/C10H20N2O7S/c13-5-10(6-14,7-15)11-20(18,19)12-3-1-8(2-4-12)9(16)17/h8,11,13-15H,1-7H2,(H,16,17). The van der Waals surface area contributed by atoms with E-state index in [1.165, 1.54) is 0 Å². The number of carbonyl (C=O) groups is 1. The predicted molar refractivity (Wildman–Crippen MR) is 68.0 cm³/mol. The van der Waals surface area contributed by atoms with Crippen LogP contribution in [-0.4, -0.2) is 77.6 Å². The topological polar surface area (TPSA) is 147 Å². The second-order valence-corrected chi connectivity index (χ2v) is 6.54. The summed E-state index contributed by atoms with van der Waals surface area (Å²) >= 11 is 0. The number of hydrogen-bond donors (Lipinski definition) is 5. The Morgan fingerprint density at radius 2 is 1.60 bits per heavy atom. The van der Waals surface area contributed by atoms with Crippen LogP contribution in [0.25, 0.3) is 0 Å². The Hall–Kier alpha value is -0.780. The SMILES string of the molecule is O=C(O)C1CCN(S(=O)(=O)NC(CO)(CO)CO)CC1. The highest BCUT2D eigenvalue weighted by Crippen LogP contribution is 2.20. The van der Waals surface area contributed by atoms with E-state index in [-0.39, 0.29) is 25.9 Å². The minimum Gasteiger partial charge on any atom is -0.481 e. The fourth-order valence-corrected chi connectivity index (χ4v) is 3.49. The van der Waals surface area contributed by atoms with Crippen molar-refractivity contribution < 1.29 is 33.6 Å². The van der Waals surface area contributed by atoms with Crippen LogP contribution in [-0.2, 0) is 15.0 Å². The smallest absolute Gasteiger partial charge is 0.306 e. The summed E-state index contributed by atoms with van der Waals surface area (Å²) in [6, 6.07) is 0. The summed E-state index contributed by atoms with van der Waals surface area (Å²) in [5.74, 6) is -1.52. The van der Waals surface area contributed by atoms with E-state index in [1.807, 2.05) is 0 Å². The number of aliphatic hydroxyl groups is 3. The minimum atomic E-state index is -4.02. The molecular weight excluding hydrogens is 292 g/mol. The van der Waals surface area contributed by atoms with E-state index in [9.17, 15) is 13.2 Å². The van der Waals surface area contributed by atoms with Crippen LogP contribution in [0.15, 0.2) is 0 Å². The summed E-state index contributed by atoms with van der Waals surface area (Å²) in [4.78, 5) is 10.8. The molecule has 0 spiro atoms. The van der Waals surface area contributed by atoms with Gasteiger partial charge in [0.05, 0.1) is 25.7 Å². The number of carboxylic acid groups (broad SMARTS) is 1. The molecule has 0 atom stereocenters. The lowest BCUT2D eigenvalue weighted by Crippen LogP contribution is -2.60. The van der Waals surface area contributed by atoms with Crippen LogP contribution in [0.2, 0.25) is 0 Å². The lowest BCUT2D eigenvalue weighted by molar-refractivity contribution is -0.142. The first-order chi connectivity index (χ1) is 9.30. The summed E-state index contributed by atoms with van der Waals surface area (Å²) in [6.45, 7) is -2.21. The molecule has 118 valence electrons. The van der Waals surface area contributed by atoms with Crippen LogP contribution in [0.5, 0.6) is 0 Å². The molecule has 5 N–H and O–H groups in total. The van der Waals surface area contributed by atoms with Gasteiger partial charge in [-0.2, -0.15) is 17.4 Å². The second kappa shape index (κ2) is 6.78. The summed E-state index contributed by atoms with van der Waals surface area (Å²) in [5.41, 5.74) is -1.73. The van der Waals surface area contributed by atoms with Gasteiger partial charge in [0.25, 0.3) is 10.2 Å². The van der Waals surface area contributed by atoms with Gasteiger partial charge in [-0.1, -0.05) is 0 Å². The molecule has 10 heteroatoms. The molecule has 0 radical (unpaired) electrons. The van der Waals surface area contributed by atoms with Gasteiger partial charge in [0.2, 0.25) is 0 Å². The van der Waals surface area contributed by atoms with Crippen LogP contribution < -0.4 is 4.72 Å². The normalized spacial score (nSPS) is 19.1. The average molecular weight is 312 g/mol. The third-order valence-corrected chi connectivity index (χ3v) is 5.13. The molecule has 1 rings (SSSR count). The van der Waals surface area contributed by atoms with Crippen molar-refractivity contribution in [2.24, 2.45) is 5.92 Å². The van der Waals surface area contributed by atoms with E-state index < -0.39 is 47.5 Å². The highest BCUT2D eigenvalue weighted by molar-refractivity contribution is 7.87. The number of aliphatic carboxylic acids is 1. The Morgan fingerprint density at radius 1 is 1.15 bits per heavy atom. The Labute approximate surface area is 117 Å². The molecule has 0 aromatic heterocycles. The molecule has 0 aromatic rings. The molecule has 0 amide bonds. The highest BCUT2D eigenvalue weighted by atomic mass is 32.2. The Bertz CT molecular complexity index is 419. The van der Waals surface area contributed by atoms with Crippen LogP contribution in [0, 0.1) is 5.92 Å². The number of nitrogens with zero attached hydrogens (tertiary/aromatic N) is 1. The van der Waals surface area contributed by atoms with E-state index in [0.29, 0.717) is 0 Å². The number of hydrogen-bond acceptors (Lipinski definition) is 6. The van der Waals surface area contributed by atoms with Gasteiger partial charge in [-0.3, -0.25) is 4.79 Å². The zero-order chi connectivity index (χ0) is 15.4. The molecule has 1 saturated heterocycles. The first-order valence-electron chi connectivity index (χ1n) is 6.14. The molecule has 1 heterocycles. The van der Waals surface area contributed by atoms with Crippen molar-refractivity contribution in [2.45, 2.75) is 18.4 Å². The molecule has 0 aromatic carbocycles. The van der Waals surface area contributed by atoms with E-state index in [4.69, 9.17) is 20.4 Å². The molecular formula is C10H20N2O7S. The van der Waals surface area contributed by atoms with Crippen molar-refractivity contribution in [3.8, 4) is 0 Å².